The fourth-order valence-corrected chi connectivity index (χ4v) is 4.80. The summed E-state index contributed by atoms with van der Waals surface area (Å²) in [6.45, 7) is 4.16. The highest BCUT2D eigenvalue weighted by Gasteiger charge is 2.31. The van der Waals surface area contributed by atoms with Gasteiger partial charge in [0.05, 0.1) is 11.4 Å². The Hall–Kier alpha value is -3.66. The van der Waals surface area contributed by atoms with E-state index in [-0.39, 0.29) is 11.5 Å². The third kappa shape index (κ3) is 3.32. The molecule has 0 saturated carbocycles. The molecule has 1 aliphatic heterocycles. The summed E-state index contributed by atoms with van der Waals surface area (Å²) in [5.74, 6) is -0.560. The van der Waals surface area contributed by atoms with Crippen LogP contribution in [0.4, 0.5) is 10.1 Å². The minimum Gasteiger partial charge on any atom is -0.367 e. The number of amides is 1. The van der Waals surface area contributed by atoms with Crippen LogP contribution >= 0.6 is 0 Å². The maximum absolute atomic E-state index is 14.0. The number of fused-ring (bicyclic) bond motifs is 1. The zero-order valence-corrected chi connectivity index (χ0v) is 18.0. The van der Waals surface area contributed by atoms with E-state index in [1.807, 2.05) is 38.7 Å². The molecule has 162 valence electrons. The highest BCUT2D eigenvalue weighted by atomic mass is 19.1. The van der Waals surface area contributed by atoms with Gasteiger partial charge in [0.1, 0.15) is 17.4 Å². The fourth-order valence-electron chi connectivity index (χ4n) is 4.80. The van der Waals surface area contributed by atoms with Gasteiger partial charge in [0.15, 0.2) is 5.69 Å². The zero-order valence-electron chi connectivity index (χ0n) is 18.0. The Morgan fingerprint density at radius 3 is 2.53 bits per heavy atom. The predicted molar refractivity (Wildman–Crippen MR) is 120 cm³/mol. The van der Waals surface area contributed by atoms with Gasteiger partial charge in [0.25, 0.3) is 5.91 Å². The number of anilines is 1. The number of aryl methyl sites for hydroxylation is 1. The molecule has 2 aromatic carbocycles. The van der Waals surface area contributed by atoms with Crippen molar-refractivity contribution in [1.29, 1.82) is 5.26 Å². The van der Waals surface area contributed by atoms with E-state index in [9.17, 15) is 14.4 Å². The molecule has 0 spiro atoms. The summed E-state index contributed by atoms with van der Waals surface area (Å²) in [6, 6.07) is 14.7. The molecule has 5 rings (SSSR count). The van der Waals surface area contributed by atoms with Crippen molar-refractivity contribution >= 4 is 11.6 Å². The van der Waals surface area contributed by atoms with E-state index in [0.717, 1.165) is 41.8 Å². The first kappa shape index (κ1) is 20.3. The first-order chi connectivity index (χ1) is 15.6. The van der Waals surface area contributed by atoms with Crippen molar-refractivity contribution in [3.05, 3.63) is 76.4 Å². The number of piperazine rings is 1. The van der Waals surface area contributed by atoms with Crippen LogP contribution in [0.2, 0.25) is 0 Å². The van der Waals surface area contributed by atoms with Gasteiger partial charge in [-0.05, 0) is 49.9 Å². The Morgan fingerprint density at radius 1 is 1.03 bits per heavy atom. The first-order valence-electron chi connectivity index (χ1n) is 11.0. The number of hydrogen-bond acceptors (Lipinski definition) is 4. The molecule has 0 bridgehead atoms. The summed E-state index contributed by atoms with van der Waals surface area (Å²) in [7, 11) is 0. The number of carbonyl (C=O) groups excluding carboxylic acids is 1. The minimum atomic E-state index is -0.513. The molecule has 7 heteroatoms. The van der Waals surface area contributed by atoms with Gasteiger partial charge in [0.2, 0.25) is 0 Å². The normalized spacial score (nSPS) is 15.5. The van der Waals surface area contributed by atoms with Crippen LogP contribution in [0.3, 0.4) is 0 Å². The molecule has 1 aliphatic carbocycles. The summed E-state index contributed by atoms with van der Waals surface area (Å²) >= 11 is 0. The molecule has 32 heavy (non-hydrogen) atoms. The standard InChI is InChI=1S/C25H24FN5O/c1-17-6-2-3-9-21(17)31-23-11-4-7-18(23)24(28-31)25(32)30-14-12-29(13-15-30)22-10-5-8-20(26)19(22)16-27/h2-3,5-6,8-10H,4,7,11-15H2,1H3. The van der Waals surface area contributed by atoms with E-state index in [1.165, 1.54) is 6.07 Å². The number of hydrogen-bond donors (Lipinski definition) is 0. The quantitative estimate of drug-likeness (QED) is 0.638. The Balaban J connectivity index is 1.38. The molecule has 1 saturated heterocycles. The fraction of sp³-hybridized carbons (Fsp3) is 0.320. The summed E-state index contributed by atoms with van der Waals surface area (Å²) in [5.41, 5.74) is 5.55. The lowest BCUT2D eigenvalue weighted by Gasteiger charge is -2.36. The molecule has 6 nitrogen and oxygen atoms in total. The summed E-state index contributed by atoms with van der Waals surface area (Å²) < 4.78 is 16.0. The summed E-state index contributed by atoms with van der Waals surface area (Å²) in [6.07, 6.45) is 2.83. The van der Waals surface area contributed by atoms with Crippen molar-refractivity contribution in [3.63, 3.8) is 0 Å². The van der Waals surface area contributed by atoms with Crippen LogP contribution < -0.4 is 4.90 Å². The number of rotatable bonds is 3. The number of aromatic nitrogens is 2. The number of para-hydroxylation sites is 1. The van der Waals surface area contributed by atoms with Crippen LogP contribution in [0, 0.1) is 24.1 Å². The van der Waals surface area contributed by atoms with Gasteiger partial charge in [0, 0.05) is 37.4 Å². The van der Waals surface area contributed by atoms with Crippen LogP contribution in [0.15, 0.2) is 42.5 Å². The smallest absolute Gasteiger partial charge is 0.274 e. The summed E-state index contributed by atoms with van der Waals surface area (Å²) in [4.78, 5) is 17.2. The second-order valence-corrected chi connectivity index (χ2v) is 8.35. The maximum atomic E-state index is 14.0. The lowest BCUT2D eigenvalue weighted by molar-refractivity contribution is 0.0739. The maximum Gasteiger partial charge on any atom is 0.274 e. The van der Waals surface area contributed by atoms with Gasteiger partial charge in [-0.15, -0.1) is 0 Å². The van der Waals surface area contributed by atoms with E-state index in [4.69, 9.17) is 5.10 Å². The van der Waals surface area contributed by atoms with Crippen LogP contribution in [-0.4, -0.2) is 46.8 Å². The molecule has 0 unspecified atom stereocenters. The monoisotopic (exact) mass is 429 g/mol. The van der Waals surface area contributed by atoms with Crippen molar-refractivity contribution in [2.45, 2.75) is 26.2 Å². The Bertz CT molecular complexity index is 1230. The second-order valence-electron chi connectivity index (χ2n) is 8.35. The highest BCUT2D eigenvalue weighted by Crippen LogP contribution is 2.30. The Kier molecular flexibility index (Phi) is 5.14. The molecule has 3 aromatic rings. The molecule has 1 fully saturated rings. The molecular formula is C25H24FN5O. The van der Waals surface area contributed by atoms with Crippen molar-refractivity contribution < 1.29 is 9.18 Å². The molecule has 0 radical (unpaired) electrons. The lowest BCUT2D eigenvalue weighted by Crippen LogP contribution is -2.49. The second kappa shape index (κ2) is 8.12. The van der Waals surface area contributed by atoms with E-state index in [2.05, 4.69) is 13.0 Å². The minimum absolute atomic E-state index is 0.0464. The Morgan fingerprint density at radius 2 is 1.78 bits per heavy atom. The number of benzene rings is 2. The molecule has 1 aromatic heterocycles. The third-order valence-corrected chi connectivity index (χ3v) is 6.49. The van der Waals surface area contributed by atoms with E-state index < -0.39 is 5.82 Å². The third-order valence-electron chi connectivity index (χ3n) is 6.49. The molecule has 2 heterocycles. The van der Waals surface area contributed by atoms with Crippen molar-refractivity contribution in [2.24, 2.45) is 0 Å². The highest BCUT2D eigenvalue weighted by molar-refractivity contribution is 5.94. The Labute approximate surface area is 186 Å². The topological polar surface area (TPSA) is 65.2 Å². The van der Waals surface area contributed by atoms with Crippen LogP contribution in [0.1, 0.15) is 39.3 Å². The van der Waals surface area contributed by atoms with Crippen molar-refractivity contribution in [1.82, 2.24) is 14.7 Å². The zero-order chi connectivity index (χ0) is 22.2. The van der Waals surface area contributed by atoms with Gasteiger partial charge in [-0.1, -0.05) is 24.3 Å². The number of carbonyl (C=O) groups is 1. The molecular weight excluding hydrogens is 405 g/mol. The van der Waals surface area contributed by atoms with Gasteiger partial charge in [-0.25, -0.2) is 9.07 Å². The van der Waals surface area contributed by atoms with Gasteiger partial charge >= 0.3 is 0 Å². The van der Waals surface area contributed by atoms with Gasteiger partial charge in [-0.3, -0.25) is 4.79 Å². The molecule has 2 aliphatic rings. The average Bonchev–Trinajstić information content (AvgIpc) is 3.42. The lowest BCUT2D eigenvalue weighted by atomic mass is 10.1. The number of halogens is 1. The van der Waals surface area contributed by atoms with Crippen molar-refractivity contribution in [2.75, 3.05) is 31.1 Å². The molecule has 0 N–H and O–H groups in total. The van der Waals surface area contributed by atoms with Crippen LogP contribution in [0.25, 0.3) is 5.69 Å². The van der Waals surface area contributed by atoms with Crippen LogP contribution in [0.5, 0.6) is 0 Å². The SMILES string of the molecule is Cc1ccccc1-n1nc(C(=O)N2CCN(c3cccc(F)c3C#N)CC2)c2c1CCC2. The number of nitriles is 1. The average molecular weight is 429 g/mol. The van der Waals surface area contributed by atoms with Crippen LogP contribution in [-0.2, 0) is 12.8 Å². The van der Waals surface area contributed by atoms with E-state index >= 15 is 0 Å². The number of nitrogens with zero attached hydrogens (tertiary/aromatic N) is 5. The van der Waals surface area contributed by atoms with E-state index in [0.29, 0.717) is 37.6 Å². The molecule has 0 atom stereocenters. The van der Waals surface area contributed by atoms with Gasteiger partial charge in [-0.2, -0.15) is 10.4 Å². The first-order valence-corrected chi connectivity index (χ1v) is 11.0. The largest absolute Gasteiger partial charge is 0.367 e. The molecule has 1 amide bonds. The predicted octanol–water partition coefficient (Wildman–Crippen LogP) is 3.64. The summed E-state index contributed by atoms with van der Waals surface area (Å²) in [5, 5.41) is 14.1. The van der Waals surface area contributed by atoms with Crippen molar-refractivity contribution in [3.8, 4) is 11.8 Å². The van der Waals surface area contributed by atoms with Gasteiger partial charge < -0.3 is 9.80 Å². The van der Waals surface area contributed by atoms with E-state index in [1.54, 1.807) is 12.1 Å².